The largest absolute Gasteiger partial charge is 0.379 e. The number of rotatable bonds is 6. The van der Waals surface area contributed by atoms with Crippen LogP contribution < -0.4 is 5.32 Å². The zero-order valence-electron chi connectivity index (χ0n) is 15.4. The smallest absolute Gasteiger partial charge is 0.253 e. The van der Waals surface area contributed by atoms with Gasteiger partial charge in [-0.1, -0.05) is 23.8 Å². The van der Waals surface area contributed by atoms with Crippen LogP contribution in [0.2, 0.25) is 0 Å². The van der Waals surface area contributed by atoms with Crippen molar-refractivity contribution in [3.05, 3.63) is 66.0 Å². The number of allylic oxidation sites excluding steroid dienone is 1. The molecule has 1 aromatic carbocycles. The quantitative estimate of drug-likeness (QED) is 0.810. The molecule has 1 aliphatic rings. The Morgan fingerprint density at radius 1 is 1.27 bits per heavy atom. The maximum atomic E-state index is 12.9. The fraction of sp³-hybridized carbons (Fsp3) is 0.381. The number of hydrogen-bond donors (Lipinski definition) is 1. The van der Waals surface area contributed by atoms with Crippen molar-refractivity contribution in [1.29, 1.82) is 0 Å². The molecule has 0 aliphatic carbocycles. The van der Waals surface area contributed by atoms with Gasteiger partial charge < -0.3 is 19.4 Å². The van der Waals surface area contributed by atoms with Gasteiger partial charge in [0.15, 0.2) is 0 Å². The van der Waals surface area contributed by atoms with Gasteiger partial charge in [-0.25, -0.2) is 0 Å². The van der Waals surface area contributed by atoms with Gasteiger partial charge in [-0.05, 0) is 44.5 Å². The van der Waals surface area contributed by atoms with Gasteiger partial charge in [0.05, 0.1) is 36.6 Å². The lowest BCUT2D eigenvalue weighted by Gasteiger charge is -2.32. The van der Waals surface area contributed by atoms with Crippen LogP contribution in [0.3, 0.4) is 0 Å². The number of para-hydroxylation sites is 1. The standard InChI is InChI=1S/C21H26N2O3/c1-16(2)9-14-26-20-10-13-25-15-18(20)22-21(24)17-7-3-4-8-19(17)23-11-5-6-12-23/h3-9,11-12,18,20H,10,13-15H2,1-2H3,(H,22,24)/t18-,20+/m1/s1. The molecule has 1 saturated heterocycles. The van der Waals surface area contributed by atoms with Crippen LogP contribution in [0.1, 0.15) is 30.6 Å². The van der Waals surface area contributed by atoms with E-state index in [0.717, 1.165) is 12.1 Å². The first-order valence-corrected chi connectivity index (χ1v) is 9.01. The van der Waals surface area contributed by atoms with Crippen molar-refractivity contribution in [1.82, 2.24) is 9.88 Å². The van der Waals surface area contributed by atoms with Crippen molar-refractivity contribution >= 4 is 5.91 Å². The van der Waals surface area contributed by atoms with Crippen LogP contribution >= 0.6 is 0 Å². The van der Waals surface area contributed by atoms with E-state index in [2.05, 4.69) is 11.4 Å². The van der Waals surface area contributed by atoms with E-state index >= 15 is 0 Å². The maximum absolute atomic E-state index is 12.9. The fourth-order valence-electron chi connectivity index (χ4n) is 3.02. The van der Waals surface area contributed by atoms with E-state index in [0.29, 0.717) is 25.4 Å². The first kappa shape index (κ1) is 18.4. The van der Waals surface area contributed by atoms with Crippen molar-refractivity contribution in [3.63, 3.8) is 0 Å². The SMILES string of the molecule is CC(C)=CCO[C@H]1CCOC[C@H]1NC(=O)c1ccccc1-n1cccc1. The Morgan fingerprint density at radius 2 is 2.04 bits per heavy atom. The van der Waals surface area contributed by atoms with Crippen molar-refractivity contribution in [2.45, 2.75) is 32.4 Å². The first-order chi connectivity index (χ1) is 12.6. The lowest BCUT2D eigenvalue weighted by Crippen LogP contribution is -2.50. The summed E-state index contributed by atoms with van der Waals surface area (Å²) in [4.78, 5) is 12.9. The molecule has 5 heteroatoms. The van der Waals surface area contributed by atoms with E-state index in [1.807, 2.05) is 67.2 Å². The molecule has 138 valence electrons. The van der Waals surface area contributed by atoms with Crippen LogP contribution in [0.15, 0.2) is 60.4 Å². The monoisotopic (exact) mass is 354 g/mol. The Hall–Kier alpha value is -2.37. The first-order valence-electron chi connectivity index (χ1n) is 9.01. The van der Waals surface area contributed by atoms with E-state index in [1.165, 1.54) is 5.57 Å². The predicted molar refractivity (Wildman–Crippen MR) is 102 cm³/mol. The summed E-state index contributed by atoms with van der Waals surface area (Å²) in [6.45, 7) is 5.78. The number of nitrogens with zero attached hydrogens (tertiary/aromatic N) is 1. The van der Waals surface area contributed by atoms with Gasteiger partial charge in [0.25, 0.3) is 5.91 Å². The number of carbonyl (C=O) groups is 1. The van der Waals surface area contributed by atoms with E-state index in [9.17, 15) is 4.79 Å². The summed E-state index contributed by atoms with van der Waals surface area (Å²) in [5.41, 5.74) is 2.71. The third kappa shape index (κ3) is 4.62. The lowest BCUT2D eigenvalue weighted by atomic mass is 10.1. The number of hydrogen-bond acceptors (Lipinski definition) is 3. The van der Waals surface area contributed by atoms with E-state index in [4.69, 9.17) is 9.47 Å². The van der Waals surface area contributed by atoms with Crippen LogP contribution in [0.25, 0.3) is 5.69 Å². The zero-order valence-corrected chi connectivity index (χ0v) is 15.4. The zero-order chi connectivity index (χ0) is 18.4. The van der Waals surface area contributed by atoms with Gasteiger partial charge in [-0.3, -0.25) is 4.79 Å². The Morgan fingerprint density at radius 3 is 2.81 bits per heavy atom. The summed E-state index contributed by atoms with van der Waals surface area (Å²) in [5.74, 6) is -0.111. The average molecular weight is 354 g/mol. The Labute approximate surface area is 154 Å². The molecular weight excluding hydrogens is 328 g/mol. The van der Waals surface area contributed by atoms with Crippen LogP contribution in [0.4, 0.5) is 0 Å². The summed E-state index contributed by atoms with van der Waals surface area (Å²) < 4.78 is 13.5. The highest BCUT2D eigenvalue weighted by Gasteiger charge is 2.28. The predicted octanol–water partition coefficient (Wildman–Crippen LogP) is 3.35. The molecule has 0 bridgehead atoms. The second-order valence-corrected chi connectivity index (χ2v) is 6.70. The Bertz CT molecular complexity index is 748. The van der Waals surface area contributed by atoms with Gasteiger partial charge in [-0.2, -0.15) is 0 Å². The number of ether oxygens (including phenoxy) is 2. The molecule has 26 heavy (non-hydrogen) atoms. The molecule has 2 aromatic rings. The number of amides is 1. The number of nitrogens with one attached hydrogen (secondary N) is 1. The maximum Gasteiger partial charge on any atom is 0.253 e. The van der Waals surface area contributed by atoms with E-state index in [-0.39, 0.29) is 18.1 Å². The molecule has 1 fully saturated rings. The van der Waals surface area contributed by atoms with E-state index < -0.39 is 0 Å². The third-order valence-corrected chi connectivity index (χ3v) is 4.44. The molecule has 0 spiro atoms. The summed E-state index contributed by atoms with van der Waals surface area (Å²) in [7, 11) is 0. The molecule has 0 unspecified atom stereocenters. The van der Waals surface area contributed by atoms with Gasteiger partial charge in [-0.15, -0.1) is 0 Å². The molecule has 1 aromatic heterocycles. The van der Waals surface area contributed by atoms with Crippen LogP contribution in [0, 0.1) is 0 Å². The molecular formula is C21H26N2O3. The van der Waals surface area contributed by atoms with Crippen molar-refractivity contribution in [2.24, 2.45) is 0 Å². The molecule has 1 aliphatic heterocycles. The molecule has 2 heterocycles. The van der Waals surface area contributed by atoms with E-state index in [1.54, 1.807) is 0 Å². The topological polar surface area (TPSA) is 52.5 Å². The minimum atomic E-state index is -0.153. The number of aromatic nitrogens is 1. The fourth-order valence-corrected chi connectivity index (χ4v) is 3.02. The summed E-state index contributed by atoms with van der Waals surface area (Å²) in [6.07, 6.45) is 6.65. The second kappa shape index (κ2) is 8.83. The summed E-state index contributed by atoms with van der Waals surface area (Å²) >= 11 is 0. The van der Waals surface area contributed by atoms with Crippen molar-refractivity contribution < 1.29 is 14.3 Å². The normalized spacial score (nSPS) is 19.8. The van der Waals surface area contributed by atoms with Crippen molar-refractivity contribution in [2.75, 3.05) is 19.8 Å². The summed E-state index contributed by atoms with van der Waals surface area (Å²) in [5, 5.41) is 3.10. The molecule has 2 atom stereocenters. The molecule has 5 nitrogen and oxygen atoms in total. The lowest BCUT2D eigenvalue weighted by molar-refractivity contribution is -0.0457. The molecule has 0 saturated carbocycles. The van der Waals surface area contributed by atoms with Crippen LogP contribution in [-0.4, -0.2) is 42.4 Å². The molecule has 0 radical (unpaired) electrons. The second-order valence-electron chi connectivity index (χ2n) is 6.70. The van der Waals surface area contributed by atoms with Crippen LogP contribution in [0.5, 0.6) is 0 Å². The molecule has 1 amide bonds. The van der Waals surface area contributed by atoms with Crippen LogP contribution in [-0.2, 0) is 9.47 Å². The highest BCUT2D eigenvalue weighted by molar-refractivity contribution is 5.98. The molecule has 1 N–H and O–H groups in total. The number of benzene rings is 1. The Kier molecular flexibility index (Phi) is 6.26. The Balaban J connectivity index is 1.71. The third-order valence-electron chi connectivity index (χ3n) is 4.44. The van der Waals surface area contributed by atoms with Crippen molar-refractivity contribution in [3.8, 4) is 5.69 Å². The number of carbonyl (C=O) groups excluding carboxylic acids is 1. The minimum absolute atomic E-state index is 0.0398. The van der Waals surface area contributed by atoms with Gasteiger partial charge >= 0.3 is 0 Å². The highest BCUT2D eigenvalue weighted by Crippen LogP contribution is 2.17. The minimum Gasteiger partial charge on any atom is -0.379 e. The van der Waals surface area contributed by atoms with Gasteiger partial charge in [0.1, 0.15) is 0 Å². The summed E-state index contributed by atoms with van der Waals surface area (Å²) in [6, 6.07) is 11.3. The highest BCUT2D eigenvalue weighted by atomic mass is 16.5. The average Bonchev–Trinajstić information content (AvgIpc) is 3.17. The van der Waals surface area contributed by atoms with Gasteiger partial charge in [0, 0.05) is 19.0 Å². The molecule has 3 rings (SSSR count). The van der Waals surface area contributed by atoms with Gasteiger partial charge in [0.2, 0.25) is 0 Å².